The fourth-order valence-electron chi connectivity index (χ4n) is 2.65. The van der Waals surface area contributed by atoms with Gasteiger partial charge in [0.05, 0.1) is 22.5 Å². The van der Waals surface area contributed by atoms with Crippen molar-refractivity contribution in [2.24, 2.45) is 5.10 Å². The zero-order chi connectivity index (χ0) is 20.8. The summed E-state index contributed by atoms with van der Waals surface area (Å²) in [6.07, 6.45) is 1.49. The summed E-state index contributed by atoms with van der Waals surface area (Å²) in [5.74, 6) is -0.501. The SMILES string of the molecule is COc1cc2ccccc2cc1C(=O)N/N=C\c1ccc(OCC(=O)O)c(I)c1. The number of amides is 1. The Hall–Kier alpha value is -3.14. The number of hydrogen-bond donors (Lipinski definition) is 2. The van der Waals surface area contributed by atoms with Crippen molar-refractivity contribution in [3.05, 3.63) is 69.3 Å². The maximum absolute atomic E-state index is 12.5. The first-order chi connectivity index (χ1) is 14.0. The van der Waals surface area contributed by atoms with Gasteiger partial charge in [0.15, 0.2) is 6.61 Å². The quantitative estimate of drug-likeness (QED) is 0.291. The zero-order valence-electron chi connectivity index (χ0n) is 15.4. The average molecular weight is 504 g/mol. The molecule has 0 bridgehead atoms. The van der Waals surface area contributed by atoms with Crippen LogP contribution < -0.4 is 14.9 Å². The van der Waals surface area contributed by atoms with Gasteiger partial charge in [0.2, 0.25) is 0 Å². The summed E-state index contributed by atoms with van der Waals surface area (Å²) in [4.78, 5) is 23.1. The highest BCUT2D eigenvalue weighted by atomic mass is 127. The average Bonchev–Trinajstić information content (AvgIpc) is 2.71. The van der Waals surface area contributed by atoms with Crippen molar-refractivity contribution in [2.75, 3.05) is 13.7 Å². The highest BCUT2D eigenvalue weighted by Crippen LogP contribution is 2.26. The number of halogens is 1. The molecular formula is C21H17IN2O5. The summed E-state index contributed by atoms with van der Waals surface area (Å²) in [6.45, 7) is -0.410. The van der Waals surface area contributed by atoms with Crippen LogP contribution in [0.25, 0.3) is 10.8 Å². The van der Waals surface area contributed by atoms with Crippen LogP contribution >= 0.6 is 22.6 Å². The number of ether oxygens (including phenoxy) is 2. The maximum Gasteiger partial charge on any atom is 0.341 e. The number of nitrogens with one attached hydrogen (secondary N) is 1. The van der Waals surface area contributed by atoms with Gasteiger partial charge >= 0.3 is 5.97 Å². The second-order valence-electron chi connectivity index (χ2n) is 5.97. The Labute approximate surface area is 180 Å². The fourth-order valence-corrected chi connectivity index (χ4v) is 3.34. The number of methoxy groups -OCH3 is 1. The number of carboxylic acids is 1. The predicted molar refractivity (Wildman–Crippen MR) is 118 cm³/mol. The van der Waals surface area contributed by atoms with Crippen molar-refractivity contribution in [2.45, 2.75) is 0 Å². The van der Waals surface area contributed by atoms with Crippen LogP contribution in [0.5, 0.6) is 11.5 Å². The van der Waals surface area contributed by atoms with E-state index < -0.39 is 12.6 Å². The van der Waals surface area contributed by atoms with Crippen LogP contribution in [-0.2, 0) is 4.79 Å². The first-order valence-corrected chi connectivity index (χ1v) is 9.60. The second-order valence-corrected chi connectivity index (χ2v) is 7.13. The normalized spacial score (nSPS) is 10.8. The summed E-state index contributed by atoms with van der Waals surface area (Å²) in [7, 11) is 1.51. The fraction of sp³-hybridized carbons (Fsp3) is 0.0952. The monoisotopic (exact) mass is 504 g/mol. The number of aliphatic carboxylic acids is 1. The first-order valence-electron chi connectivity index (χ1n) is 8.52. The maximum atomic E-state index is 12.5. The number of benzene rings is 3. The molecule has 8 heteroatoms. The lowest BCUT2D eigenvalue weighted by atomic mass is 10.1. The smallest absolute Gasteiger partial charge is 0.341 e. The molecule has 0 spiro atoms. The Morgan fingerprint density at radius 2 is 1.83 bits per heavy atom. The van der Waals surface area contributed by atoms with Gasteiger partial charge in [-0.15, -0.1) is 0 Å². The molecule has 0 atom stereocenters. The minimum absolute atomic E-state index is 0.385. The van der Waals surface area contributed by atoms with Gasteiger partial charge < -0.3 is 14.6 Å². The second kappa shape index (κ2) is 9.37. The van der Waals surface area contributed by atoms with E-state index in [1.165, 1.54) is 13.3 Å². The van der Waals surface area contributed by atoms with E-state index in [0.29, 0.717) is 17.1 Å². The lowest BCUT2D eigenvalue weighted by molar-refractivity contribution is -0.139. The molecule has 0 fully saturated rings. The highest BCUT2D eigenvalue weighted by molar-refractivity contribution is 14.1. The number of hydrazone groups is 1. The van der Waals surface area contributed by atoms with E-state index in [2.05, 4.69) is 10.5 Å². The van der Waals surface area contributed by atoms with E-state index in [1.54, 1.807) is 24.3 Å². The Kier molecular flexibility index (Phi) is 6.65. The van der Waals surface area contributed by atoms with Crippen LogP contribution in [0.1, 0.15) is 15.9 Å². The predicted octanol–water partition coefficient (Wildman–Crippen LogP) is 3.68. The number of carbonyl (C=O) groups is 2. The topological polar surface area (TPSA) is 97.2 Å². The molecule has 3 rings (SSSR count). The zero-order valence-corrected chi connectivity index (χ0v) is 17.5. The van der Waals surface area contributed by atoms with Gasteiger partial charge in [0.1, 0.15) is 11.5 Å². The van der Waals surface area contributed by atoms with Crippen LogP contribution in [0.3, 0.4) is 0 Å². The molecule has 0 aliphatic carbocycles. The van der Waals surface area contributed by atoms with E-state index in [-0.39, 0.29) is 5.91 Å². The van der Waals surface area contributed by atoms with E-state index in [9.17, 15) is 9.59 Å². The number of nitrogens with zero attached hydrogens (tertiary/aromatic N) is 1. The van der Waals surface area contributed by atoms with Gasteiger partial charge in [0.25, 0.3) is 5.91 Å². The van der Waals surface area contributed by atoms with Crippen LogP contribution in [-0.4, -0.2) is 36.9 Å². The third-order valence-electron chi connectivity index (χ3n) is 4.00. The van der Waals surface area contributed by atoms with Gasteiger partial charge in [-0.25, -0.2) is 10.2 Å². The molecular weight excluding hydrogens is 487 g/mol. The van der Waals surface area contributed by atoms with Gasteiger partial charge in [-0.3, -0.25) is 4.79 Å². The van der Waals surface area contributed by atoms with Crippen LogP contribution in [0.15, 0.2) is 59.7 Å². The van der Waals surface area contributed by atoms with E-state index >= 15 is 0 Å². The van der Waals surface area contributed by atoms with Crippen molar-refractivity contribution in [1.82, 2.24) is 5.43 Å². The third kappa shape index (κ3) is 5.23. The van der Waals surface area contributed by atoms with Crippen LogP contribution in [0, 0.1) is 3.57 Å². The molecule has 0 aromatic heterocycles. The van der Waals surface area contributed by atoms with Crippen molar-refractivity contribution in [1.29, 1.82) is 0 Å². The Balaban J connectivity index is 1.72. The van der Waals surface area contributed by atoms with E-state index in [4.69, 9.17) is 14.6 Å². The molecule has 0 saturated carbocycles. The highest BCUT2D eigenvalue weighted by Gasteiger charge is 2.13. The lowest BCUT2D eigenvalue weighted by Gasteiger charge is -2.09. The molecule has 3 aromatic rings. The molecule has 0 heterocycles. The van der Waals surface area contributed by atoms with Crippen molar-refractivity contribution in [3.63, 3.8) is 0 Å². The molecule has 2 N–H and O–H groups in total. The molecule has 148 valence electrons. The third-order valence-corrected chi connectivity index (χ3v) is 4.84. The van der Waals surface area contributed by atoms with Gasteiger partial charge in [-0.2, -0.15) is 5.10 Å². The number of carbonyl (C=O) groups excluding carboxylic acids is 1. The Morgan fingerprint density at radius 3 is 2.48 bits per heavy atom. The number of hydrogen-bond acceptors (Lipinski definition) is 5. The Morgan fingerprint density at radius 1 is 1.10 bits per heavy atom. The first kappa shape index (κ1) is 20.6. The molecule has 0 unspecified atom stereocenters. The molecule has 1 amide bonds. The van der Waals surface area contributed by atoms with Gasteiger partial charge in [-0.1, -0.05) is 24.3 Å². The number of carboxylic acid groups (broad SMARTS) is 1. The number of rotatable bonds is 7. The summed E-state index contributed by atoms with van der Waals surface area (Å²) < 4.78 is 11.2. The van der Waals surface area contributed by atoms with E-state index in [0.717, 1.165) is 19.9 Å². The van der Waals surface area contributed by atoms with Gasteiger partial charge in [0, 0.05) is 0 Å². The van der Waals surface area contributed by atoms with Gasteiger partial charge in [-0.05, 0) is 69.3 Å². The molecule has 0 aliphatic rings. The molecule has 7 nitrogen and oxygen atoms in total. The summed E-state index contributed by atoms with van der Waals surface area (Å²) in [6, 6.07) is 16.4. The molecule has 0 aliphatic heterocycles. The van der Waals surface area contributed by atoms with Crippen molar-refractivity contribution >= 4 is 51.5 Å². The summed E-state index contributed by atoms with van der Waals surface area (Å²) >= 11 is 2.04. The minimum Gasteiger partial charge on any atom is -0.496 e. The summed E-state index contributed by atoms with van der Waals surface area (Å²) in [5, 5.41) is 14.6. The number of fused-ring (bicyclic) bond motifs is 1. The molecule has 3 aromatic carbocycles. The minimum atomic E-state index is -1.04. The van der Waals surface area contributed by atoms with Crippen LogP contribution in [0.2, 0.25) is 0 Å². The lowest BCUT2D eigenvalue weighted by Crippen LogP contribution is -2.18. The largest absolute Gasteiger partial charge is 0.496 e. The molecule has 0 saturated heterocycles. The van der Waals surface area contributed by atoms with E-state index in [1.807, 2.05) is 52.9 Å². The van der Waals surface area contributed by atoms with Crippen molar-refractivity contribution < 1.29 is 24.2 Å². The Bertz CT molecular complexity index is 1100. The van der Waals surface area contributed by atoms with Crippen LogP contribution in [0.4, 0.5) is 0 Å². The van der Waals surface area contributed by atoms with Crippen molar-refractivity contribution in [3.8, 4) is 11.5 Å². The standard InChI is InChI=1S/C21H17IN2O5/c1-28-19-10-15-5-3-2-4-14(15)9-16(19)21(27)24-23-11-13-6-7-18(17(22)8-13)29-12-20(25)26/h2-11H,12H2,1H3,(H,24,27)(H,25,26)/b23-11-. The molecule has 0 radical (unpaired) electrons. The summed E-state index contributed by atoms with van der Waals surface area (Å²) in [5.41, 5.74) is 3.61. The molecule has 29 heavy (non-hydrogen) atoms.